The van der Waals surface area contributed by atoms with Crippen LogP contribution >= 0.6 is 11.3 Å². The smallest absolute Gasteiger partial charge is 0.295 e. The second-order valence-electron chi connectivity index (χ2n) is 6.72. The van der Waals surface area contributed by atoms with E-state index < -0.39 is 28.4 Å². The lowest BCUT2D eigenvalue weighted by molar-refractivity contribution is -0.384. The van der Waals surface area contributed by atoms with E-state index in [9.17, 15) is 24.8 Å². The van der Waals surface area contributed by atoms with Crippen LogP contribution in [0.4, 0.5) is 5.69 Å². The molecule has 1 amide bonds. The maximum atomic E-state index is 12.9. The number of likely N-dealkylation sites (tertiary alicyclic amines) is 1. The number of nitro groups is 1. The van der Waals surface area contributed by atoms with E-state index in [1.165, 1.54) is 40.5 Å². The Labute approximate surface area is 175 Å². The van der Waals surface area contributed by atoms with Crippen LogP contribution in [0.3, 0.4) is 0 Å². The van der Waals surface area contributed by atoms with Crippen molar-refractivity contribution in [2.45, 2.75) is 12.6 Å². The van der Waals surface area contributed by atoms with Crippen molar-refractivity contribution < 1.29 is 19.6 Å². The molecule has 1 aliphatic rings. The van der Waals surface area contributed by atoms with E-state index in [0.29, 0.717) is 5.56 Å². The lowest BCUT2D eigenvalue weighted by atomic mass is 9.95. The van der Waals surface area contributed by atoms with Crippen molar-refractivity contribution in [3.63, 3.8) is 0 Å². The standard InChI is InChI=1S/C22H16N2O5S/c25-20(15-8-4-9-16(12-15)24(28)29)18-19(14-6-2-1-3-7-14)23(22(27)21(18)26)13-17-10-5-11-30-17/h1-12,19,25H,13H2/b20-18-. The minimum absolute atomic E-state index is 0.0803. The topological polar surface area (TPSA) is 101 Å². The first-order valence-corrected chi connectivity index (χ1v) is 9.96. The highest BCUT2D eigenvalue weighted by Crippen LogP contribution is 2.40. The van der Waals surface area contributed by atoms with Gasteiger partial charge in [-0.1, -0.05) is 48.5 Å². The Balaban J connectivity index is 1.87. The highest BCUT2D eigenvalue weighted by atomic mass is 32.1. The van der Waals surface area contributed by atoms with Gasteiger partial charge in [0.15, 0.2) is 0 Å². The van der Waals surface area contributed by atoms with Gasteiger partial charge >= 0.3 is 0 Å². The SMILES string of the molecule is O=C1C(=O)N(Cc2cccs2)C(c2ccccc2)/C1=C(/O)c1cccc([N+](=O)[O-])c1. The molecule has 7 nitrogen and oxygen atoms in total. The Morgan fingerprint density at radius 1 is 1.07 bits per heavy atom. The Hall–Kier alpha value is -3.78. The van der Waals surface area contributed by atoms with Crippen molar-refractivity contribution in [3.8, 4) is 0 Å². The van der Waals surface area contributed by atoms with E-state index in [1.807, 2.05) is 23.6 Å². The zero-order valence-electron chi connectivity index (χ0n) is 15.6. The largest absolute Gasteiger partial charge is 0.507 e. The zero-order chi connectivity index (χ0) is 21.3. The predicted octanol–water partition coefficient (Wildman–Crippen LogP) is 4.28. The second-order valence-corrected chi connectivity index (χ2v) is 7.76. The van der Waals surface area contributed by atoms with Crippen LogP contribution in [0.5, 0.6) is 0 Å². The van der Waals surface area contributed by atoms with Crippen LogP contribution in [-0.4, -0.2) is 26.6 Å². The molecular formula is C22H16N2O5S. The number of aliphatic hydroxyl groups is 1. The van der Waals surface area contributed by atoms with E-state index in [4.69, 9.17) is 0 Å². The maximum absolute atomic E-state index is 12.9. The number of aliphatic hydroxyl groups excluding tert-OH is 1. The number of nitro benzene ring substituents is 1. The molecule has 0 bridgehead atoms. The number of carbonyl (C=O) groups is 2. The summed E-state index contributed by atoms with van der Waals surface area (Å²) in [4.78, 5) is 38.6. The summed E-state index contributed by atoms with van der Waals surface area (Å²) in [6.45, 7) is 0.216. The number of hydrogen-bond acceptors (Lipinski definition) is 6. The number of thiophene rings is 1. The molecule has 1 unspecified atom stereocenters. The number of ketones is 1. The summed E-state index contributed by atoms with van der Waals surface area (Å²) < 4.78 is 0. The third kappa shape index (κ3) is 3.48. The number of hydrogen-bond donors (Lipinski definition) is 1. The first kappa shape index (κ1) is 19.5. The van der Waals surface area contributed by atoms with Gasteiger partial charge in [0.1, 0.15) is 5.76 Å². The number of nitrogens with zero attached hydrogens (tertiary/aromatic N) is 2. The number of benzene rings is 2. The minimum Gasteiger partial charge on any atom is -0.507 e. The van der Waals surface area contributed by atoms with Crippen LogP contribution in [0.2, 0.25) is 0 Å². The molecule has 1 fully saturated rings. The third-order valence-electron chi connectivity index (χ3n) is 4.89. The van der Waals surface area contributed by atoms with Crippen LogP contribution < -0.4 is 0 Å². The Bertz CT molecular complexity index is 1160. The van der Waals surface area contributed by atoms with Crippen molar-refractivity contribution >= 4 is 34.5 Å². The fraction of sp³-hybridized carbons (Fsp3) is 0.0909. The summed E-state index contributed by atoms with van der Waals surface area (Å²) in [5.74, 6) is -1.96. The molecule has 8 heteroatoms. The lowest BCUT2D eigenvalue weighted by Crippen LogP contribution is -2.28. The van der Waals surface area contributed by atoms with Gasteiger partial charge in [-0.05, 0) is 17.0 Å². The molecular weight excluding hydrogens is 404 g/mol. The summed E-state index contributed by atoms with van der Waals surface area (Å²) in [7, 11) is 0. The molecule has 150 valence electrons. The van der Waals surface area contributed by atoms with Gasteiger partial charge in [0.2, 0.25) is 0 Å². The number of carbonyl (C=O) groups excluding carboxylic acids is 2. The Morgan fingerprint density at radius 2 is 1.83 bits per heavy atom. The molecule has 1 aliphatic heterocycles. The molecule has 3 aromatic rings. The van der Waals surface area contributed by atoms with Crippen molar-refractivity contribution in [1.29, 1.82) is 0 Å². The first-order valence-electron chi connectivity index (χ1n) is 9.08. The summed E-state index contributed by atoms with van der Waals surface area (Å²) in [5, 5.41) is 23.9. The van der Waals surface area contributed by atoms with Crippen LogP contribution in [0.1, 0.15) is 22.0 Å². The lowest BCUT2D eigenvalue weighted by Gasteiger charge is -2.24. The fourth-order valence-electron chi connectivity index (χ4n) is 3.52. The normalized spacial score (nSPS) is 18.0. The average Bonchev–Trinajstić information content (AvgIpc) is 3.36. The molecule has 1 N–H and O–H groups in total. The van der Waals surface area contributed by atoms with Gasteiger partial charge in [-0.2, -0.15) is 0 Å². The van der Waals surface area contributed by atoms with Gasteiger partial charge in [-0.15, -0.1) is 11.3 Å². The van der Waals surface area contributed by atoms with E-state index in [-0.39, 0.29) is 23.4 Å². The van der Waals surface area contributed by atoms with Crippen LogP contribution in [-0.2, 0) is 16.1 Å². The second kappa shape index (κ2) is 7.92. The summed E-state index contributed by atoms with van der Waals surface area (Å²) in [6, 6.07) is 17.2. The van der Waals surface area contributed by atoms with E-state index in [1.54, 1.807) is 24.3 Å². The van der Waals surface area contributed by atoms with Gasteiger partial charge in [0, 0.05) is 22.6 Å². The van der Waals surface area contributed by atoms with Gasteiger partial charge in [-0.25, -0.2) is 0 Å². The molecule has 2 heterocycles. The summed E-state index contributed by atoms with van der Waals surface area (Å²) >= 11 is 1.46. The molecule has 0 saturated carbocycles. The van der Waals surface area contributed by atoms with Crippen molar-refractivity contribution in [1.82, 2.24) is 4.90 Å². The average molecular weight is 420 g/mol. The Morgan fingerprint density at radius 3 is 2.50 bits per heavy atom. The van der Waals surface area contributed by atoms with Crippen molar-refractivity contribution in [2.75, 3.05) is 0 Å². The highest BCUT2D eigenvalue weighted by Gasteiger charge is 2.46. The van der Waals surface area contributed by atoms with Crippen molar-refractivity contribution in [2.24, 2.45) is 0 Å². The monoisotopic (exact) mass is 420 g/mol. The summed E-state index contributed by atoms with van der Waals surface area (Å²) in [5.41, 5.74) is 0.478. The van der Waals surface area contributed by atoms with Gasteiger partial charge in [0.05, 0.1) is 23.1 Å². The number of Topliss-reactive ketones (excluding diaryl/α,β-unsaturated/α-hetero) is 1. The van der Waals surface area contributed by atoms with E-state index in [0.717, 1.165) is 4.88 Å². The van der Waals surface area contributed by atoms with Crippen LogP contribution in [0, 0.1) is 10.1 Å². The molecule has 4 rings (SSSR count). The number of amides is 1. The molecule has 0 radical (unpaired) electrons. The Kier molecular flexibility index (Phi) is 5.16. The number of rotatable bonds is 5. The minimum atomic E-state index is -0.815. The maximum Gasteiger partial charge on any atom is 0.295 e. The molecule has 0 spiro atoms. The van der Waals surface area contributed by atoms with Crippen molar-refractivity contribution in [3.05, 3.63) is 104 Å². The molecule has 1 saturated heterocycles. The van der Waals surface area contributed by atoms with E-state index in [2.05, 4.69) is 0 Å². The molecule has 1 aromatic heterocycles. The van der Waals surface area contributed by atoms with Crippen LogP contribution in [0.25, 0.3) is 5.76 Å². The molecule has 0 aliphatic carbocycles. The quantitative estimate of drug-likeness (QED) is 0.218. The molecule has 30 heavy (non-hydrogen) atoms. The highest BCUT2D eigenvalue weighted by molar-refractivity contribution is 7.09. The van der Waals surface area contributed by atoms with Crippen LogP contribution in [0.15, 0.2) is 77.7 Å². The zero-order valence-corrected chi connectivity index (χ0v) is 16.4. The third-order valence-corrected chi connectivity index (χ3v) is 5.75. The molecule has 1 atom stereocenters. The fourth-order valence-corrected chi connectivity index (χ4v) is 4.22. The number of non-ortho nitro benzene ring substituents is 1. The van der Waals surface area contributed by atoms with Gasteiger partial charge < -0.3 is 10.0 Å². The van der Waals surface area contributed by atoms with Gasteiger partial charge in [0.25, 0.3) is 17.4 Å². The summed E-state index contributed by atoms with van der Waals surface area (Å²) in [6.07, 6.45) is 0. The molecule has 2 aromatic carbocycles. The van der Waals surface area contributed by atoms with E-state index >= 15 is 0 Å². The van der Waals surface area contributed by atoms with Gasteiger partial charge in [-0.3, -0.25) is 19.7 Å². The predicted molar refractivity (Wildman–Crippen MR) is 112 cm³/mol. The first-order chi connectivity index (χ1) is 14.5.